The van der Waals surface area contributed by atoms with E-state index in [1.54, 1.807) is 6.92 Å². The molecule has 0 saturated carbocycles. The van der Waals surface area contributed by atoms with E-state index in [-0.39, 0.29) is 23.1 Å². The van der Waals surface area contributed by atoms with E-state index in [9.17, 15) is 19.6 Å². The van der Waals surface area contributed by atoms with E-state index >= 15 is 0 Å². The third kappa shape index (κ3) is 3.16. The second-order valence-corrected chi connectivity index (χ2v) is 4.43. The van der Waals surface area contributed by atoms with Crippen LogP contribution in [-0.4, -0.2) is 15.0 Å². The number of phenols is 1. The summed E-state index contributed by atoms with van der Waals surface area (Å²) in [6, 6.07) is 5.74. The summed E-state index contributed by atoms with van der Waals surface area (Å²) in [5.41, 5.74) is 5.54. The Hall–Kier alpha value is -2.90. The van der Waals surface area contributed by atoms with E-state index in [2.05, 4.69) is 10.3 Å². The lowest BCUT2D eigenvalue weighted by Gasteiger charge is -2.16. The molecule has 1 aromatic carbocycles. The van der Waals surface area contributed by atoms with Crippen LogP contribution in [0.15, 0.2) is 30.3 Å². The quantitative estimate of drug-likeness (QED) is 0.589. The number of anilines is 2. The highest BCUT2D eigenvalue weighted by atomic mass is 19.1. The second kappa shape index (κ2) is 5.61. The lowest BCUT2D eigenvalue weighted by Crippen LogP contribution is -2.10. The number of nitrogens with two attached hydrogens (primary N) is 1. The Labute approximate surface area is 119 Å². The van der Waals surface area contributed by atoms with Crippen molar-refractivity contribution >= 4 is 17.3 Å². The van der Waals surface area contributed by atoms with Crippen LogP contribution < -0.4 is 11.1 Å². The van der Waals surface area contributed by atoms with Gasteiger partial charge in [-0.3, -0.25) is 10.1 Å². The van der Waals surface area contributed by atoms with Crippen molar-refractivity contribution in [1.82, 2.24) is 4.98 Å². The van der Waals surface area contributed by atoms with E-state index in [1.807, 2.05) is 0 Å². The number of hydrogen-bond acceptors (Lipinski definition) is 6. The van der Waals surface area contributed by atoms with Crippen molar-refractivity contribution in [2.75, 3.05) is 11.1 Å². The molecule has 0 saturated heterocycles. The van der Waals surface area contributed by atoms with E-state index < -0.39 is 16.8 Å². The van der Waals surface area contributed by atoms with Crippen molar-refractivity contribution < 1.29 is 14.4 Å². The largest absolute Gasteiger partial charge is 0.508 e. The van der Waals surface area contributed by atoms with Gasteiger partial charge in [-0.05, 0) is 31.2 Å². The summed E-state index contributed by atoms with van der Waals surface area (Å²) < 4.78 is 13.2. The second-order valence-electron chi connectivity index (χ2n) is 4.43. The maximum atomic E-state index is 13.2. The smallest absolute Gasteiger partial charge is 0.311 e. The van der Waals surface area contributed by atoms with Gasteiger partial charge in [0.2, 0.25) is 5.82 Å². The fourth-order valence-electron chi connectivity index (χ4n) is 1.87. The normalized spacial score (nSPS) is 11.9. The molecule has 0 spiro atoms. The number of rotatable bonds is 4. The highest BCUT2D eigenvalue weighted by Crippen LogP contribution is 2.28. The molecule has 110 valence electrons. The zero-order valence-electron chi connectivity index (χ0n) is 11.1. The number of nitrogen functional groups attached to an aromatic ring is 1. The first-order valence-electron chi connectivity index (χ1n) is 6.04. The minimum atomic E-state index is -0.631. The molecule has 0 aliphatic heterocycles. The number of pyridine rings is 1. The number of benzene rings is 1. The molecule has 7 nitrogen and oxygen atoms in total. The van der Waals surface area contributed by atoms with Crippen molar-refractivity contribution in [1.29, 1.82) is 0 Å². The van der Waals surface area contributed by atoms with Gasteiger partial charge in [0.1, 0.15) is 17.4 Å². The number of nitrogens with zero attached hydrogens (tertiary/aromatic N) is 2. The summed E-state index contributed by atoms with van der Waals surface area (Å²) in [4.78, 5) is 13.9. The molecule has 2 aromatic rings. The van der Waals surface area contributed by atoms with Crippen molar-refractivity contribution in [3.05, 3.63) is 51.8 Å². The Kier molecular flexibility index (Phi) is 3.88. The number of phenolic OH excluding ortho intramolecular Hbond substituents is 1. The van der Waals surface area contributed by atoms with Gasteiger partial charge in [0, 0.05) is 11.6 Å². The summed E-state index contributed by atoms with van der Waals surface area (Å²) in [7, 11) is 0. The molecule has 0 radical (unpaired) electrons. The molecule has 1 heterocycles. The van der Waals surface area contributed by atoms with E-state index in [0.29, 0.717) is 5.56 Å². The minimum absolute atomic E-state index is 0.0636. The first-order valence-corrected chi connectivity index (χ1v) is 6.04. The summed E-state index contributed by atoms with van der Waals surface area (Å²) in [6.07, 6.45) is 0. The SMILES string of the molecule is C[C@@H](Nc1ccc([N+](=O)[O-])c(N)n1)c1cc(F)ccc1O. The fraction of sp³-hybridized carbons (Fsp3) is 0.154. The average Bonchev–Trinajstić information content (AvgIpc) is 2.41. The molecule has 2 rings (SSSR count). The maximum absolute atomic E-state index is 13.2. The van der Waals surface area contributed by atoms with Gasteiger partial charge in [-0.2, -0.15) is 0 Å². The van der Waals surface area contributed by atoms with E-state index in [0.717, 1.165) is 6.07 Å². The maximum Gasteiger partial charge on any atom is 0.311 e. The molecule has 0 amide bonds. The minimum Gasteiger partial charge on any atom is -0.508 e. The predicted molar refractivity (Wildman–Crippen MR) is 75.4 cm³/mol. The van der Waals surface area contributed by atoms with Crippen LogP contribution in [0, 0.1) is 15.9 Å². The van der Waals surface area contributed by atoms with Gasteiger partial charge in [-0.15, -0.1) is 0 Å². The van der Waals surface area contributed by atoms with Gasteiger partial charge in [0.15, 0.2) is 0 Å². The first kappa shape index (κ1) is 14.5. The van der Waals surface area contributed by atoms with Crippen LogP contribution in [0.1, 0.15) is 18.5 Å². The third-order valence-corrected chi connectivity index (χ3v) is 2.92. The summed E-state index contributed by atoms with van der Waals surface area (Å²) in [5.74, 6) is -0.478. The summed E-state index contributed by atoms with van der Waals surface area (Å²) in [5, 5.41) is 23.3. The molecule has 0 bridgehead atoms. The molecule has 0 aliphatic rings. The van der Waals surface area contributed by atoms with Crippen molar-refractivity contribution in [2.24, 2.45) is 0 Å². The van der Waals surface area contributed by atoms with Crippen molar-refractivity contribution in [2.45, 2.75) is 13.0 Å². The summed E-state index contributed by atoms with van der Waals surface area (Å²) in [6.45, 7) is 1.69. The highest BCUT2D eigenvalue weighted by molar-refractivity contribution is 5.57. The number of aromatic hydroxyl groups is 1. The Morgan fingerprint density at radius 2 is 2.14 bits per heavy atom. The number of nitro groups is 1. The average molecular weight is 292 g/mol. The topological polar surface area (TPSA) is 114 Å². The van der Waals surface area contributed by atoms with Gasteiger partial charge in [-0.1, -0.05) is 0 Å². The number of nitrogens with one attached hydrogen (secondary N) is 1. The van der Waals surface area contributed by atoms with Gasteiger partial charge in [0.05, 0.1) is 11.0 Å². The zero-order valence-corrected chi connectivity index (χ0v) is 11.1. The standard InChI is InChI=1S/C13H13FN4O3/c1-7(9-6-8(14)2-4-11(9)19)16-12-5-3-10(18(20)21)13(15)17-12/h2-7,19H,1H3,(H3,15,16,17)/t7-/m1/s1. The molecule has 4 N–H and O–H groups in total. The van der Waals surface area contributed by atoms with Crippen LogP contribution in [0.5, 0.6) is 5.75 Å². The molecule has 1 atom stereocenters. The molecule has 0 unspecified atom stereocenters. The first-order chi connectivity index (χ1) is 9.88. The molecular weight excluding hydrogens is 279 g/mol. The van der Waals surface area contributed by atoms with Crippen molar-refractivity contribution in [3.8, 4) is 5.75 Å². The van der Waals surface area contributed by atoms with Crippen LogP contribution in [-0.2, 0) is 0 Å². The van der Waals surface area contributed by atoms with Gasteiger partial charge >= 0.3 is 5.69 Å². The van der Waals surface area contributed by atoms with Gasteiger partial charge in [-0.25, -0.2) is 9.37 Å². The van der Waals surface area contributed by atoms with E-state index in [1.165, 1.54) is 24.3 Å². The Morgan fingerprint density at radius 1 is 1.43 bits per heavy atom. The Morgan fingerprint density at radius 3 is 2.76 bits per heavy atom. The van der Waals surface area contributed by atoms with Crippen LogP contribution in [0.3, 0.4) is 0 Å². The molecule has 1 aromatic heterocycles. The van der Waals surface area contributed by atoms with Crippen molar-refractivity contribution in [3.63, 3.8) is 0 Å². The number of halogens is 1. The van der Waals surface area contributed by atoms with E-state index in [4.69, 9.17) is 5.73 Å². The van der Waals surface area contributed by atoms with Crippen LogP contribution in [0.4, 0.5) is 21.7 Å². The lowest BCUT2D eigenvalue weighted by molar-refractivity contribution is -0.384. The Balaban J connectivity index is 2.23. The third-order valence-electron chi connectivity index (χ3n) is 2.92. The highest BCUT2D eigenvalue weighted by Gasteiger charge is 2.16. The summed E-state index contributed by atoms with van der Waals surface area (Å²) >= 11 is 0. The van der Waals surface area contributed by atoms with Gasteiger partial charge in [0.25, 0.3) is 0 Å². The van der Waals surface area contributed by atoms with Crippen LogP contribution in [0.2, 0.25) is 0 Å². The van der Waals surface area contributed by atoms with Gasteiger partial charge < -0.3 is 16.2 Å². The molecular formula is C13H13FN4O3. The molecule has 0 fully saturated rings. The molecule has 8 heteroatoms. The van der Waals surface area contributed by atoms with Crippen LogP contribution in [0.25, 0.3) is 0 Å². The number of aromatic nitrogens is 1. The fourth-order valence-corrected chi connectivity index (χ4v) is 1.87. The lowest BCUT2D eigenvalue weighted by atomic mass is 10.1. The van der Waals surface area contributed by atoms with Crippen LogP contribution >= 0.6 is 0 Å². The predicted octanol–water partition coefficient (Wildman–Crippen LogP) is 2.59. The Bertz CT molecular complexity index is 693. The number of hydrogen-bond donors (Lipinski definition) is 3. The zero-order chi connectivity index (χ0) is 15.6. The monoisotopic (exact) mass is 292 g/mol. The molecule has 0 aliphatic carbocycles. The molecule has 21 heavy (non-hydrogen) atoms.